The monoisotopic (exact) mass is 694 g/mol. The fraction of sp³-hybridized carbons (Fsp3) is 0.241. The fourth-order valence-corrected chi connectivity index (χ4v) is 7.63. The summed E-state index contributed by atoms with van der Waals surface area (Å²) in [6.45, 7) is -4.09. The smallest absolute Gasteiger partial charge is 0.339 e. The summed E-state index contributed by atoms with van der Waals surface area (Å²) in [5.74, 6) is -1.27. The van der Waals surface area contributed by atoms with Gasteiger partial charge in [0.25, 0.3) is 0 Å². The molecule has 2 aromatic heterocycles. The van der Waals surface area contributed by atoms with Crippen molar-refractivity contribution in [3.8, 4) is 0 Å². The number of carbonyl (C=O) groups is 1. The first-order valence-corrected chi connectivity index (χ1v) is 16.3. The summed E-state index contributed by atoms with van der Waals surface area (Å²) in [4.78, 5) is 22.5. The Morgan fingerprint density at radius 3 is 2.70 bits per heavy atom. The van der Waals surface area contributed by atoms with E-state index in [-0.39, 0.29) is 33.4 Å². The number of carbonyl (C=O) groups excluding carboxylic acids is 1. The van der Waals surface area contributed by atoms with Crippen LogP contribution in [-0.2, 0) is 14.8 Å². The Morgan fingerprint density at radius 2 is 2.02 bits per heavy atom. The highest BCUT2D eigenvalue weighted by Gasteiger charge is 2.49. The summed E-state index contributed by atoms with van der Waals surface area (Å²) in [6, 6.07) is 9.28. The second-order valence-corrected chi connectivity index (χ2v) is 13.4. The van der Waals surface area contributed by atoms with Gasteiger partial charge < -0.3 is 9.64 Å². The number of allylic oxidation sites excluding steroid dienone is 1. The van der Waals surface area contributed by atoms with Crippen molar-refractivity contribution < 1.29 is 35.5 Å². The summed E-state index contributed by atoms with van der Waals surface area (Å²) < 4.78 is 92.2. The molecule has 17 heteroatoms. The molecule has 2 aliphatic rings. The molecule has 0 amide bonds. The lowest BCUT2D eigenvalue weighted by Gasteiger charge is -2.32. The predicted molar refractivity (Wildman–Crippen MR) is 161 cm³/mol. The van der Waals surface area contributed by atoms with Crippen LogP contribution < -0.4 is 4.72 Å². The van der Waals surface area contributed by atoms with E-state index < -0.39 is 64.5 Å². The van der Waals surface area contributed by atoms with Gasteiger partial charge in [0.15, 0.2) is 10.8 Å². The Morgan fingerprint density at radius 1 is 1.24 bits per heavy atom. The number of thiazole rings is 1. The molecule has 6 rings (SSSR count). The van der Waals surface area contributed by atoms with Crippen molar-refractivity contribution in [1.82, 2.24) is 24.4 Å². The number of fused-ring (bicyclic) bond motifs is 1. The topological polar surface area (TPSA) is 119 Å². The van der Waals surface area contributed by atoms with Gasteiger partial charge in [-0.05, 0) is 30.3 Å². The Hall–Kier alpha value is -4.12. The molecule has 0 bridgehead atoms. The summed E-state index contributed by atoms with van der Waals surface area (Å²) in [7, 11) is -3.31. The SMILES string of the molecule is COC(=O)c1ccccc1S(=O)(=O)NC[C@]1(F)CC2=C(c3ccn(C(F)F)n3)[C@H](c3ccc(F)cc3Cl)N=C(c3nccs3)N2C1. The molecule has 1 fully saturated rings. The number of alkyl halides is 3. The number of rotatable bonds is 9. The highest BCUT2D eigenvalue weighted by molar-refractivity contribution is 7.89. The van der Waals surface area contributed by atoms with Crippen molar-refractivity contribution in [1.29, 1.82) is 0 Å². The third-order valence-corrected chi connectivity index (χ3v) is 10.0. The van der Waals surface area contributed by atoms with Crippen LogP contribution in [-0.4, -0.2) is 65.8 Å². The number of aromatic nitrogens is 3. The maximum atomic E-state index is 16.9. The molecule has 0 spiro atoms. The average molecular weight is 695 g/mol. The third-order valence-electron chi connectivity index (χ3n) is 7.47. The number of sulfonamides is 1. The van der Waals surface area contributed by atoms with E-state index in [4.69, 9.17) is 21.3 Å². The second kappa shape index (κ2) is 12.2. The minimum Gasteiger partial charge on any atom is -0.465 e. The van der Waals surface area contributed by atoms with Gasteiger partial charge in [0.2, 0.25) is 10.0 Å². The molecule has 1 N–H and O–H groups in total. The van der Waals surface area contributed by atoms with Gasteiger partial charge in [-0.1, -0.05) is 29.8 Å². The molecule has 4 aromatic rings. The van der Waals surface area contributed by atoms with E-state index in [2.05, 4.69) is 14.8 Å². The summed E-state index contributed by atoms with van der Waals surface area (Å²) in [6.07, 6.45) is 2.19. The minimum absolute atomic E-state index is 0.00591. The molecule has 0 aliphatic carbocycles. The van der Waals surface area contributed by atoms with Gasteiger partial charge in [-0.2, -0.15) is 13.9 Å². The summed E-state index contributed by atoms with van der Waals surface area (Å²) in [5.41, 5.74) is -1.63. The first-order valence-electron chi connectivity index (χ1n) is 13.5. The Labute approximate surface area is 269 Å². The Kier molecular flexibility index (Phi) is 8.47. The number of hydrogen-bond donors (Lipinski definition) is 1. The summed E-state index contributed by atoms with van der Waals surface area (Å²) >= 11 is 7.67. The summed E-state index contributed by atoms with van der Waals surface area (Å²) in [5, 5.41) is 6.10. The lowest BCUT2D eigenvalue weighted by Crippen LogP contribution is -2.43. The van der Waals surface area contributed by atoms with Crippen LogP contribution in [0.1, 0.15) is 45.6 Å². The molecule has 0 radical (unpaired) electrons. The number of aliphatic imine (C=N–C) groups is 1. The van der Waals surface area contributed by atoms with Crippen LogP contribution in [0.3, 0.4) is 0 Å². The number of methoxy groups -OCH3 is 1. The lowest BCUT2D eigenvalue weighted by molar-refractivity contribution is 0.0563. The van der Waals surface area contributed by atoms with Crippen LogP contribution in [0.15, 0.2) is 81.9 Å². The highest BCUT2D eigenvalue weighted by atomic mass is 35.5. The maximum Gasteiger partial charge on any atom is 0.339 e. The van der Waals surface area contributed by atoms with Crippen LogP contribution in [0, 0.1) is 5.82 Å². The number of esters is 1. The van der Waals surface area contributed by atoms with E-state index in [9.17, 15) is 26.4 Å². The van der Waals surface area contributed by atoms with Gasteiger partial charge in [0.05, 0.1) is 29.8 Å². The second-order valence-electron chi connectivity index (χ2n) is 10.4. The first-order chi connectivity index (χ1) is 21.9. The molecule has 10 nitrogen and oxygen atoms in total. The Bertz CT molecular complexity index is 1990. The zero-order valence-electron chi connectivity index (χ0n) is 23.7. The standard InChI is InChI=1S/C29H23ClF4N6O4S2/c1-44-27(41)18-4-2-3-5-22(18)46(42,43)36-14-29(34)13-21-23(20-8-10-40(38-20)28(32)33)24(17-7-6-16(31)12-19(17)30)37-25(39(21)15-29)26-35-9-11-45-26/h2-12,24,28,36H,13-15H2,1H3/t24-,29+/m0/s1. The van der Waals surface area contributed by atoms with Crippen molar-refractivity contribution in [2.24, 2.45) is 4.99 Å². The van der Waals surface area contributed by atoms with Gasteiger partial charge in [-0.3, -0.25) is 4.99 Å². The quantitative estimate of drug-likeness (QED) is 0.179. The van der Waals surface area contributed by atoms with Crippen molar-refractivity contribution in [2.75, 3.05) is 20.2 Å². The number of nitrogens with one attached hydrogen (secondary N) is 1. The van der Waals surface area contributed by atoms with E-state index >= 15 is 4.39 Å². The number of halogens is 5. The van der Waals surface area contributed by atoms with Gasteiger partial charge in [0.1, 0.15) is 17.5 Å². The largest absolute Gasteiger partial charge is 0.465 e. The van der Waals surface area contributed by atoms with E-state index in [1.165, 1.54) is 64.9 Å². The molecular weight excluding hydrogens is 672 g/mol. The van der Waals surface area contributed by atoms with E-state index in [0.29, 0.717) is 15.3 Å². The molecule has 2 atom stereocenters. The van der Waals surface area contributed by atoms with Crippen molar-refractivity contribution in [3.63, 3.8) is 0 Å². The van der Waals surface area contributed by atoms with E-state index in [1.807, 2.05) is 0 Å². The highest BCUT2D eigenvalue weighted by Crippen LogP contribution is 2.49. The molecule has 0 unspecified atom stereocenters. The number of nitrogens with zero attached hydrogens (tertiary/aromatic N) is 5. The van der Waals surface area contributed by atoms with Gasteiger partial charge >= 0.3 is 12.5 Å². The van der Waals surface area contributed by atoms with Crippen molar-refractivity contribution in [2.45, 2.75) is 29.6 Å². The fourth-order valence-electron chi connectivity index (χ4n) is 5.42. The van der Waals surface area contributed by atoms with Crippen LogP contribution in [0.4, 0.5) is 17.6 Å². The maximum absolute atomic E-state index is 16.9. The van der Waals surface area contributed by atoms with Gasteiger partial charge in [-0.15, -0.1) is 11.3 Å². The number of hydrogen-bond acceptors (Lipinski definition) is 9. The molecule has 0 saturated carbocycles. The molecule has 1 saturated heterocycles. The van der Waals surface area contributed by atoms with Crippen LogP contribution in [0.2, 0.25) is 5.02 Å². The normalized spacial score (nSPS) is 19.8. The number of amidine groups is 1. The van der Waals surface area contributed by atoms with Crippen LogP contribution >= 0.6 is 22.9 Å². The van der Waals surface area contributed by atoms with Crippen LogP contribution in [0.5, 0.6) is 0 Å². The van der Waals surface area contributed by atoms with Gasteiger partial charge in [-0.25, -0.2) is 36.4 Å². The van der Waals surface area contributed by atoms with E-state index in [0.717, 1.165) is 19.4 Å². The molecule has 4 heterocycles. The first kappa shape index (κ1) is 31.8. The van der Waals surface area contributed by atoms with Crippen molar-refractivity contribution >= 4 is 50.3 Å². The van der Waals surface area contributed by atoms with Crippen molar-refractivity contribution in [3.05, 3.63) is 105 Å². The molecular formula is C29H23ClF4N6O4S2. The van der Waals surface area contributed by atoms with Crippen LogP contribution in [0.25, 0.3) is 5.57 Å². The van der Waals surface area contributed by atoms with E-state index in [1.54, 1.807) is 5.38 Å². The number of benzene rings is 2. The molecule has 240 valence electrons. The molecule has 2 aromatic carbocycles. The van der Waals surface area contributed by atoms with Gasteiger partial charge in [0, 0.05) is 52.6 Å². The lowest BCUT2D eigenvalue weighted by atomic mass is 9.91. The third kappa shape index (κ3) is 5.92. The minimum atomic E-state index is -4.41. The zero-order valence-corrected chi connectivity index (χ0v) is 26.1. The Balaban J connectivity index is 1.44. The molecule has 2 aliphatic heterocycles. The molecule has 46 heavy (non-hydrogen) atoms. The predicted octanol–water partition coefficient (Wildman–Crippen LogP) is 5.62. The zero-order chi connectivity index (χ0) is 32.8. The average Bonchev–Trinajstić information content (AvgIpc) is 3.80. The number of ether oxygens (including phenoxy) is 1.